The van der Waals surface area contributed by atoms with Gasteiger partial charge in [-0.1, -0.05) is 19.1 Å². The Balaban J connectivity index is 1.54. The van der Waals surface area contributed by atoms with E-state index in [-0.39, 0.29) is 29.8 Å². The van der Waals surface area contributed by atoms with Crippen LogP contribution in [0.4, 0.5) is 9.18 Å². The number of nitrogens with zero attached hydrogens (tertiary/aromatic N) is 5. The number of halogens is 1. The summed E-state index contributed by atoms with van der Waals surface area (Å²) in [5.41, 5.74) is 4.05. The molecule has 2 aliphatic rings. The molecule has 8 heteroatoms. The average Bonchev–Trinajstić information content (AvgIpc) is 3.45. The molecule has 1 amide bonds. The van der Waals surface area contributed by atoms with Crippen molar-refractivity contribution in [1.29, 1.82) is 5.26 Å². The zero-order valence-electron chi connectivity index (χ0n) is 23.7. The van der Waals surface area contributed by atoms with E-state index in [0.29, 0.717) is 19.0 Å². The van der Waals surface area contributed by atoms with Crippen molar-refractivity contribution >= 4 is 6.09 Å². The highest BCUT2D eigenvalue weighted by molar-refractivity contribution is 5.69. The lowest BCUT2D eigenvalue weighted by molar-refractivity contribution is 0.0279. The molecular weight excluding hydrogens is 481 g/mol. The molecule has 206 valence electrons. The SMILES string of the molecule is CCc1nn(CC)c(C)c1C1CCN([C@@H](C#N)C2CN(C(=O)OC(C)(C)C)CC2c2cccc(F)c2)CC1. The van der Waals surface area contributed by atoms with E-state index < -0.39 is 5.60 Å². The quantitative estimate of drug-likeness (QED) is 0.490. The zero-order chi connectivity index (χ0) is 27.6. The van der Waals surface area contributed by atoms with Crippen LogP contribution in [0.3, 0.4) is 0 Å². The third-order valence-corrected chi connectivity index (χ3v) is 8.13. The molecule has 2 aromatic rings. The lowest BCUT2D eigenvalue weighted by Gasteiger charge is -2.38. The summed E-state index contributed by atoms with van der Waals surface area (Å²) >= 11 is 0. The third kappa shape index (κ3) is 5.88. The molecule has 0 aliphatic carbocycles. The molecule has 1 aromatic heterocycles. The predicted molar refractivity (Wildman–Crippen MR) is 145 cm³/mol. The van der Waals surface area contributed by atoms with Crippen molar-refractivity contribution in [2.45, 2.75) is 90.8 Å². The number of ether oxygens (including phenoxy) is 1. The molecule has 2 saturated heterocycles. The van der Waals surface area contributed by atoms with Crippen LogP contribution in [-0.4, -0.2) is 63.5 Å². The van der Waals surface area contributed by atoms with Gasteiger partial charge in [0.2, 0.25) is 0 Å². The van der Waals surface area contributed by atoms with Gasteiger partial charge in [0, 0.05) is 37.2 Å². The van der Waals surface area contributed by atoms with Crippen LogP contribution in [0.2, 0.25) is 0 Å². The number of carbonyl (C=O) groups excluding carboxylic acids is 1. The number of rotatable bonds is 6. The Morgan fingerprint density at radius 1 is 1.24 bits per heavy atom. The van der Waals surface area contributed by atoms with Gasteiger partial charge in [0.25, 0.3) is 0 Å². The van der Waals surface area contributed by atoms with Crippen LogP contribution in [0.1, 0.15) is 81.8 Å². The second-order valence-electron chi connectivity index (χ2n) is 11.7. The Hall–Kier alpha value is -2.92. The van der Waals surface area contributed by atoms with Crippen LogP contribution in [0.25, 0.3) is 0 Å². The maximum absolute atomic E-state index is 14.2. The number of benzene rings is 1. The Bertz CT molecular complexity index is 1170. The molecule has 0 N–H and O–H groups in total. The van der Waals surface area contributed by atoms with Gasteiger partial charge < -0.3 is 9.64 Å². The molecule has 0 spiro atoms. The Labute approximate surface area is 226 Å². The number of amides is 1. The smallest absolute Gasteiger partial charge is 0.410 e. The summed E-state index contributed by atoms with van der Waals surface area (Å²) in [7, 11) is 0. The number of aromatic nitrogens is 2. The van der Waals surface area contributed by atoms with E-state index in [4.69, 9.17) is 9.84 Å². The number of likely N-dealkylation sites (tertiary alicyclic amines) is 2. The van der Waals surface area contributed by atoms with E-state index in [9.17, 15) is 14.4 Å². The van der Waals surface area contributed by atoms with Gasteiger partial charge in [0.05, 0.1) is 11.8 Å². The highest BCUT2D eigenvalue weighted by Gasteiger charge is 2.44. The molecule has 0 saturated carbocycles. The van der Waals surface area contributed by atoms with Gasteiger partial charge in [-0.05, 0) is 96.1 Å². The standard InChI is InChI=1S/C30H42FN5O2/c1-7-26-28(20(3)36(8-2)33-26)21-12-14-34(15-13-21)27(17-32)25-19-35(29(37)38-30(4,5)6)18-24(25)22-10-9-11-23(31)16-22/h9-11,16,21,24-25,27H,7-8,12-15,18-19H2,1-6H3/t24?,25?,27-/m0/s1. The number of nitriles is 1. The van der Waals surface area contributed by atoms with Crippen LogP contribution in [-0.2, 0) is 17.7 Å². The molecule has 4 rings (SSSR count). The van der Waals surface area contributed by atoms with Gasteiger partial charge >= 0.3 is 6.09 Å². The highest BCUT2D eigenvalue weighted by Crippen LogP contribution is 2.40. The van der Waals surface area contributed by atoms with Crippen LogP contribution in [0.5, 0.6) is 0 Å². The van der Waals surface area contributed by atoms with Crippen molar-refractivity contribution in [3.63, 3.8) is 0 Å². The van der Waals surface area contributed by atoms with Crippen molar-refractivity contribution in [1.82, 2.24) is 19.6 Å². The largest absolute Gasteiger partial charge is 0.444 e. The summed E-state index contributed by atoms with van der Waals surface area (Å²) in [5, 5.41) is 15.2. The number of hydrogen-bond acceptors (Lipinski definition) is 5. The molecule has 2 unspecified atom stereocenters. The van der Waals surface area contributed by atoms with Gasteiger partial charge in [-0.15, -0.1) is 0 Å². The molecule has 3 heterocycles. The summed E-state index contributed by atoms with van der Waals surface area (Å²) in [5.74, 6) is -0.151. The normalized spacial score (nSPS) is 21.9. The summed E-state index contributed by atoms with van der Waals surface area (Å²) in [6.45, 7) is 15.3. The fourth-order valence-electron chi connectivity index (χ4n) is 6.35. The number of aryl methyl sites for hydroxylation is 2. The predicted octanol–water partition coefficient (Wildman–Crippen LogP) is 5.64. The fraction of sp³-hybridized carbons (Fsp3) is 0.633. The lowest BCUT2D eigenvalue weighted by atomic mass is 9.81. The zero-order valence-corrected chi connectivity index (χ0v) is 23.7. The molecule has 1 aromatic carbocycles. The van der Waals surface area contributed by atoms with E-state index in [1.54, 1.807) is 11.0 Å². The summed E-state index contributed by atoms with van der Waals surface area (Å²) in [6.07, 6.45) is 2.47. The molecule has 0 radical (unpaired) electrons. The van der Waals surface area contributed by atoms with Crippen LogP contribution >= 0.6 is 0 Å². The molecule has 38 heavy (non-hydrogen) atoms. The first-order valence-corrected chi connectivity index (χ1v) is 14.0. The van der Waals surface area contributed by atoms with E-state index >= 15 is 0 Å². The number of hydrogen-bond donors (Lipinski definition) is 0. The van der Waals surface area contributed by atoms with Crippen molar-refractivity contribution in [2.24, 2.45) is 5.92 Å². The third-order valence-electron chi connectivity index (χ3n) is 8.13. The Kier molecular flexibility index (Phi) is 8.46. The minimum absolute atomic E-state index is 0.137. The van der Waals surface area contributed by atoms with Crippen LogP contribution in [0.15, 0.2) is 24.3 Å². The van der Waals surface area contributed by atoms with E-state index in [2.05, 4.69) is 36.4 Å². The fourth-order valence-corrected chi connectivity index (χ4v) is 6.35. The van der Waals surface area contributed by atoms with Gasteiger partial charge in [0.15, 0.2) is 0 Å². The first-order valence-electron chi connectivity index (χ1n) is 14.0. The van der Waals surface area contributed by atoms with Crippen molar-refractivity contribution in [3.05, 3.63) is 52.6 Å². The maximum Gasteiger partial charge on any atom is 0.410 e. The molecule has 0 bridgehead atoms. The van der Waals surface area contributed by atoms with Crippen molar-refractivity contribution < 1.29 is 13.9 Å². The molecule has 3 atom stereocenters. The molecule has 2 fully saturated rings. The van der Waals surface area contributed by atoms with Crippen molar-refractivity contribution in [3.8, 4) is 6.07 Å². The first kappa shape index (κ1) is 28.1. The second-order valence-corrected chi connectivity index (χ2v) is 11.7. The monoisotopic (exact) mass is 523 g/mol. The van der Waals surface area contributed by atoms with Gasteiger partial charge in [-0.3, -0.25) is 9.58 Å². The first-order chi connectivity index (χ1) is 18.1. The van der Waals surface area contributed by atoms with E-state index in [0.717, 1.165) is 44.5 Å². The average molecular weight is 524 g/mol. The topological polar surface area (TPSA) is 74.4 Å². The van der Waals surface area contributed by atoms with Gasteiger partial charge in [0.1, 0.15) is 17.5 Å². The summed E-state index contributed by atoms with van der Waals surface area (Å²) in [6, 6.07) is 8.78. The summed E-state index contributed by atoms with van der Waals surface area (Å²) in [4.78, 5) is 16.9. The van der Waals surface area contributed by atoms with Gasteiger partial charge in [-0.25, -0.2) is 9.18 Å². The number of carbonyl (C=O) groups is 1. The van der Waals surface area contributed by atoms with Gasteiger partial charge in [-0.2, -0.15) is 10.4 Å². The van der Waals surface area contributed by atoms with Crippen LogP contribution in [0, 0.1) is 30.0 Å². The van der Waals surface area contributed by atoms with Crippen molar-refractivity contribution in [2.75, 3.05) is 26.2 Å². The van der Waals surface area contributed by atoms with Crippen LogP contribution < -0.4 is 0 Å². The molecule has 2 aliphatic heterocycles. The van der Waals surface area contributed by atoms with E-state index in [1.807, 2.05) is 26.8 Å². The Morgan fingerprint density at radius 3 is 2.53 bits per heavy atom. The minimum Gasteiger partial charge on any atom is -0.444 e. The summed E-state index contributed by atoms with van der Waals surface area (Å²) < 4.78 is 22.0. The lowest BCUT2D eigenvalue weighted by Crippen LogP contribution is -2.46. The van der Waals surface area contributed by atoms with E-state index in [1.165, 1.54) is 29.1 Å². The number of piperidine rings is 1. The minimum atomic E-state index is -0.610. The highest BCUT2D eigenvalue weighted by atomic mass is 19.1. The Morgan fingerprint density at radius 2 is 1.95 bits per heavy atom. The molecule has 7 nitrogen and oxygen atoms in total. The molecular formula is C30H42FN5O2. The maximum atomic E-state index is 14.2. The second kappa shape index (κ2) is 11.4.